The zero-order valence-corrected chi connectivity index (χ0v) is 19.8. The Morgan fingerprint density at radius 2 is 1.85 bits per heavy atom. The third-order valence-electron chi connectivity index (χ3n) is 5.93. The zero-order chi connectivity index (χ0) is 24.9. The van der Waals surface area contributed by atoms with Gasteiger partial charge in [-0.05, 0) is 55.3 Å². The Morgan fingerprint density at radius 3 is 2.44 bits per heavy atom. The number of aromatic carboxylic acids is 1. The maximum absolute atomic E-state index is 14.5. The molecular formula is C26H22F2N2O3S. The van der Waals surface area contributed by atoms with Crippen LogP contribution in [-0.4, -0.2) is 20.7 Å². The van der Waals surface area contributed by atoms with Crippen LogP contribution < -0.4 is 0 Å². The van der Waals surface area contributed by atoms with Gasteiger partial charge in [0.1, 0.15) is 22.3 Å². The summed E-state index contributed by atoms with van der Waals surface area (Å²) in [5.41, 5.74) is 2.12. The number of carboxylic acids is 1. The second-order valence-corrected chi connectivity index (χ2v) is 10.0. The van der Waals surface area contributed by atoms with Crippen molar-refractivity contribution >= 4 is 28.2 Å². The van der Waals surface area contributed by atoms with E-state index in [2.05, 4.69) is 6.07 Å². The number of benzene rings is 2. The summed E-state index contributed by atoms with van der Waals surface area (Å²) in [6, 6.07) is 10.7. The number of carboxylic acid groups (broad SMARTS) is 1. The molecule has 2 aromatic carbocycles. The summed E-state index contributed by atoms with van der Waals surface area (Å²) < 4.78 is 30.4. The molecule has 4 aromatic rings. The van der Waals surface area contributed by atoms with Crippen molar-refractivity contribution in [3.63, 3.8) is 0 Å². The molecule has 0 aliphatic rings. The van der Waals surface area contributed by atoms with Gasteiger partial charge >= 0.3 is 5.97 Å². The highest BCUT2D eigenvalue weighted by Crippen LogP contribution is 2.49. The van der Waals surface area contributed by atoms with Gasteiger partial charge in [-0.25, -0.2) is 13.6 Å². The van der Waals surface area contributed by atoms with Crippen LogP contribution in [0.15, 0.2) is 36.4 Å². The summed E-state index contributed by atoms with van der Waals surface area (Å²) >= 11 is 1.05. The van der Waals surface area contributed by atoms with E-state index in [1.807, 2.05) is 13.8 Å². The van der Waals surface area contributed by atoms with Gasteiger partial charge < -0.3 is 14.8 Å². The van der Waals surface area contributed by atoms with Gasteiger partial charge in [0.25, 0.3) is 0 Å². The van der Waals surface area contributed by atoms with Gasteiger partial charge in [-0.15, -0.1) is 11.3 Å². The lowest BCUT2D eigenvalue weighted by molar-refractivity contribution is 0.0701. The fourth-order valence-electron chi connectivity index (χ4n) is 4.38. The molecule has 0 radical (unpaired) electrons. The summed E-state index contributed by atoms with van der Waals surface area (Å²) in [5, 5.41) is 30.4. The van der Waals surface area contributed by atoms with Gasteiger partial charge in [-0.2, -0.15) is 5.26 Å². The number of halogens is 2. The van der Waals surface area contributed by atoms with Crippen LogP contribution in [0, 0.1) is 36.8 Å². The zero-order valence-electron chi connectivity index (χ0n) is 19.0. The molecule has 0 unspecified atom stereocenters. The Morgan fingerprint density at radius 1 is 1.15 bits per heavy atom. The van der Waals surface area contributed by atoms with Crippen molar-refractivity contribution < 1.29 is 23.8 Å². The first-order chi connectivity index (χ1) is 16.0. The largest absolute Gasteiger partial charge is 0.507 e. The maximum Gasteiger partial charge on any atom is 0.346 e. The van der Waals surface area contributed by atoms with Crippen molar-refractivity contribution in [2.45, 2.75) is 39.5 Å². The number of hydrogen-bond donors (Lipinski definition) is 2. The van der Waals surface area contributed by atoms with Crippen molar-refractivity contribution in [2.75, 3.05) is 0 Å². The molecular weight excluding hydrogens is 458 g/mol. The number of thiophene rings is 1. The maximum atomic E-state index is 14.5. The van der Waals surface area contributed by atoms with Crippen molar-refractivity contribution in [2.24, 2.45) is 0 Å². The number of rotatable bonds is 5. The number of phenolic OH excluding ortho intramolecular Hbond substituents is 1. The first-order valence-corrected chi connectivity index (χ1v) is 11.3. The second kappa shape index (κ2) is 8.26. The molecule has 0 aliphatic heterocycles. The first-order valence-electron chi connectivity index (χ1n) is 10.5. The van der Waals surface area contributed by atoms with E-state index in [4.69, 9.17) is 0 Å². The highest BCUT2D eigenvalue weighted by molar-refractivity contribution is 7.17. The van der Waals surface area contributed by atoms with Gasteiger partial charge in [0, 0.05) is 39.7 Å². The van der Waals surface area contributed by atoms with Crippen LogP contribution in [0.2, 0.25) is 0 Å². The minimum atomic E-state index is -1.07. The van der Waals surface area contributed by atoms with E-state index in [-0.39, 0.29) is 17.0 Å². The summed E-state index contributed by atoms with van der Waals surface area (Å²) in [5.74, 6) is -2.43. The molecule has 8 heteroatoms. The summed E-state index contributed by atoms with van der Waals surface area (Å²) in [6.45, 7) is 7.01. The number of fused-ring (bicyclic) bond motifs is 1. The second-order valence-electron chi connectivity index (χ2n) is 8.96. The van der Waals surface area contributed by atoms with E-state index < -0.39 is 23.0 Å². The molecule has 34 heavy (non-hydrogen) atoms. The molecule has 174 valence electrons. The predicted molar refractivity (Wildman–Crippen MR) is 128 cm³/mol. The molecule has 0 amide bonds. The standard InChI is InChI=1S/C26H22F2N2O3S/c1-13-9-16(5-6-17(13)28)30-18-11-15(27)12-19(31)21(18)22(24(30)26(3,4)7-8-29)20-10-14(2)23(34-20)25(32)33/h5-6,9-12,31H,7H2,1-4H3,(H,32,33). The predicted octanol–water partition coefficient (Wildman–Crippen LogP) is 6.85. The lowest BCUT2D eigenvalue weighted by Crippen LogP contribution is -2.21. The average molecular weight is 481 g/mol. The Labute approximate surface area is 199 Å². The molecule has 2 heterocycles. The van der Waals surface area contributed by atoms with E-state index in [0.717, 1.165) is 17.4 Å². The lowest BCUT2D eigenvalue weighted by atomic mass is 9.83. The van der Waals surface area contributed by atoms with E-state index in [9.17, 15) is 29.1 Å². The van der Waals surface area contributed by atoms with Crippen LogP contribution in [0.25, 0.3) is 27.0 Å². The number of hydrogen-bond acceptors (Lipinski definition) is 4. The van der Waals surface area contributed by atoms with Gasteiger partial charge in [-0.3, -0.25) is 0 Å². The first kappa shape index (κ1) is 23.5. The number of aryl methyl sites for hydroxylation is 2. The van der Waals surface area contributed by atoms with Crippen molar-refractivity contribution in [1.29, 1.82) is 5.26 Å². The molecule has 0 fully saturated rings. The fraction of sp³-hybridized carbons (Fsp3) is 0.231. The van der Waals surface area contributed by atoms with Crippen LogP contribution in [0.4, 0.5) is 8.78 Å². The number of nitriles is 1. The monoisotopic (exact) mass is 480 g/mol. The van der Waals surface area contributed by atoms with Crippen molar-refractivity contribution in [3.05, 3.63) is 69.7 Å². The normalized spacial score (nSPS) is 11.7. The number of aromatic hydroxyl groups is 1. The molecule has 0 spiro atoms. The van der Waals surface area contributed by atoms with Gasteiger partial charge in [0.15, 0.2) is 0 Å². The van der Waals surface area contributed by atoms with Crippen molar-refractivity contribution in [1.82, 2.24) is 4.57 Å². The third kappa shape index (κ3) is 3.72. The summed E-state index contributed by atoms with van der Waals surface area (Å²) in [4.78, 5) is 12.5. The molecule has 0 saturated carbocycles. The highest BCUT2D eigenvalue weighted by atomic mass is 32.1. The Hall–Kier alpha value is -3.70. The molecule has 4 rings (SSSR count). The van der Waals surface area contributed by atoms with Gasteiger partial charge in [-0.1, -0.05) is 13.8 Å². The number of nitrogens with zero attached hydrogens (tertiary/aromatic N) is 2. The molecule has 0 bridgehead atoms. The van der Waals surface area contributed by atoms with E-state index in [1.54, 1.807) is 36.6 Å². The Kier molecular flexibility index (Phi) is 5.70. The highest BCUT2D eigenvalue weighted by Gasteiger charge is 2.34. The molecule has 0 aliphatic carbocycles. The van der Waals surface area contributed by atoms with E-state index >= 15 is 0 Å². The number of phenols is 1. The van der Waals surface area contributed by atoms with Crippen LogP contribution in [0.5, 0.6) is 5.75 Å². The third-order valence-corrected chi connectivity index (χ3v) is 7.18. The van der Waals surface area contributed by atoms with Gasteiger partial charge in [0.05, 0.1) is 17.0 Å². The van der Waals surface area contributed by atoms with Crippen LogP contribution >= 0.6 is 11.3 Å². The van der Waals surface area contributed by atoms with Crippen LogP contribution in [0.3, 0.4) is 0 Å². The van der Waals surface area contributed by atoms with E-state index in [0.29, 0.717) is 43.9 Å². The average Bonchev–Trinajstić information content (AvgIpc) is 3.28. The smallest absolute Gasteiger partial charge is 0.346 e. The van der Waals surface area contributed by atoms with E-state index in [1.165, 1.54) is 12.1 Å². The van der Waals surface area contributed by atoms with Crippen molar-refractivity contribution in [3.8, 4) is 27.9 Å². The fourth-order valence-corrected chi connectivity index (χ4v) is 5.44. The van der Waals surface area contributed by atoms with Crippen LogP contribution in [0.1, 0.15) is 46.8 Å². The SMILES string of the molecule is Cc1cc(-n2c(C(C)(C)CC#N)c(-c3cc(C)c(C(=O)O)s3)c3c(O)cc(F)cc32)ccc1F. The number of aromatic nitrogens is 1. The molecule has 5 nitrogen and oxygen atoms in total. The van der Waals surface area contributed by atoms with Crippen LogP contribution in [-0.2, 0) is 5.41 Å². The topological polar surface area (TPSA) is 86.2 Å². The van der Waals surface area contributed by atoms with Gasteiger partial charge in [0.2, 0.25) is 0 Å². The molecule has 2 aromatic heterocycles. The Bertz CT molecular complexity index is 1510. The molecule has 0 saturated heterocycles. The minimum absolute atomic E-state index is 0.0931. The summed E-state index contributed by atoms with van der Waals surface area (Å²) in [6.07, 6.45) is 0.0931. The molecule has 0 atom stereocenters. The molecule has 2 N–H and O–H groups in total. The summed E-state index contributed by atoms with van der Waals surface area (Å²) in [7, 11) is 0. The quantitative estimate of drug-likeness (QED) is 0.327. The Balaban J connectivity index is 2.25. The minimum Gasteiger partial charge on any atom is -0.507 e. The lowest BCUT2D eigenvalue weighted by Gasteiger charge is -2.26. The number of carbonyl (C=O) groups is 1.